The van der Waals surface area contributed by atoms with E-state index >= 15 is 0 Å². The summed E-state index contributed by atoms with van der Waals surface area (Å²) in [5.41, 5.74) is 6.68. The number of halogens is 3. The van der Waals surface area contributed by atoms with Crippen LogP contribution in [0.5, 0.6) is 0 Å². The number of nitrogens with zero attached hydrogens (tertiary/aromatic N) is 1. The van der Waals surface area contributed by atoms with Crippen molar-refractivity contribution >= 4 is 53.1 Å². The molecule has 5 nitrogen and oxygen atoms in total. The Morgan fingerprint density at radius 3 is 2.74 bits per heavy atom. The summed E-state index contributed by atoms with van der Waals surface area (Å²) in [6.45, 7) is 2.01. The van der Waals surface area contributed by atoms with Crippen LogP contribution in [-0.4, -0.2) is 17.6 Å². The summed E-state index contributed by atoms with van der Waals surface area (Å²) in [6.07, 6.45) is 0.666. The van der Waals surface area contributed by atoms with Gasteiger partial charge in [0.05, 0.1) is 18.8 Å². The summed E-state index contributed by atoms with van der Waals surface area (Å²) in [4.78, 5) is 4.10. The highest BCUT2D eigenvalue weighted by Gasteiger charge is 2.12. The summed E-state index contributed by atoms with van der Waals surface area (Å²) < 4.78 is 5.09. The average molecular weight is 470 g/mol. The SMILES string of the molecule is CC(NC(N)=NCC(O)c1ccco1)c1ccc(Cl)cc1Cl.I. The van der Waals surface area contributed by atoms with Crippen molar-refractivity contribution in [3.8, 4) is 0 Å². The molecule has 4 N–H and O–H groups in total. The molecular formula is C15H18Cl2IN3O2. The highest BCUT2D eigenvalue weighted by atomic mass is 127. The monoisotopic (exact) mass is 469 g/mol. The van der Waals surface area contributed by atoms with Crippen LogP contribution in [0.25, 0.3) is 0 Å². The number of nitrogens with two attached hydrogens (primary N) is 1. The second kappa shape index (κ2) is 9.36. The predicted molar refractivity (Wildman–Crippen MR) is 104 cm³/mol. The second-order valence-electron chi connectivity index (χ2n) is 4.79. The number of aliphatic imine (C=N–C) groups is 1. The van der Waals surface area contributed by atoms with Crippen molar-refractivity contribution in [1.29, 1.82) is 0 Å². The maximum Gasteiger partial charge on any atom is 0.189 e. The van der Waals surface area contributed by atoms with E-state index in [1.165, 1.54) is 6.26 Å². The van der Waals surface area contributed by atoms with Gasteiger partial charge in [-0.1, -0.05) is 29.3 Å². The van der Waals surface area contributed by atoms with Crippen molar-refractivity contribution in [3.05, 3.63) is 58.0 Å². The third-order valence-electron chi connectivity index (χ3n) is 3.10. The number of hydrogen-bond acceptors (Lipinski definition) is 3. The van der Waals surface area contributed by atoms with Gasteiger partial charge in [0.2, 0.25) is 0 Å². The first-order valence-corrected chi connectivity index (χ1v) is 7.46. The fourth-order valence-corrected chi connectivity index (χ4v) is 2.53. The van der Waals surface area contributed by atoms with E-state index in [0.717, 1.165) is 5.56 Å². The van der Waals surface area contributed by atoms with Crippen molar-refractivity contribution in [1.82, 2.24) is 5.32 Å². The molecule has 8 heteroatoms. The number of guanidine groups is 1. The van der Waals surface area contributed by atoms with Gasteiger partial charge in [-0.05, 0) is 36.8 Å². The standard InChI is InChI=1S/C15H17Cl2N3O2.HI/c1-9(11-5-4-10(16)7-12(11)17)20-15(18)19-8-13(21)14-3-2-6-22-14;/h2-7,9,13,21H,8H2,1H3,(H3,18,19,20);1H. The molecule has 0 aliphatic heterocycles. The van der Waals surface area contributed by atoms with E-state index in [0.29, 0.717) is 15.8 Å². The molecule has 0 saturated carbocycles. The van der Waals surface area contributed by atoms with E-state index in [9.17, 15) is 5.11 Å². The molecule has 126 valence electrons. The molecule has 23 heavy (non-hydrogen) atoms. The Kier molecular flexibility index (Phi) is 8.18. The van der Waals surface area contributed by atoms with Crippen LogP contribution in [0.4, 0.5) is 0 Å². The summed E-state index contributed by atoms with van der Waals surface area (Å²) >= 11 is 12.0. The highest BCUT2D eigenvalue weighted by molar-refractivity contribution is 14.0. The Balaban J connectivity index is 0.00000264. The van der Waals surface area contributed by atoms with Crippen molar-refractivity contribution in [2.45, 2.75) is 19.1 Å². The first kappa shape index (κ1) is 20.1. The van der Waals surface area contributed by atoms with Crippen LogP contribution >= 0.6 is 47.2 Å². The number of aliphatic hydroxyl groups is 1. The van der Waals surface area contributed by atoms with Crippen molar-refractivity contribution < 1.29 is 9.52 Å². The summed E-state index contributed by atoms with van der Waals surface area (Å²) in [6, 6.07) is 8.50. The van der Waals surface area contributed by atoms with Gasteiger partial charge in [0.1, 0.15) is 11.9 Å². The van der Waals surface area contributed by atoms with Gasteiger partial charge in [0, 0.05) is 10.0 Å². The lowest BCUT2D eigenvalue weighted by atomic mass is 10.1. The van der Waals surface area contributed by atoms with Crippen LogP contribution in [0, 0.1) is 0 Å². The molecule has 0 aliphatic carbocycles. The van der Waals surface area contributed by atoms with Crippen LogP contribution in [0.1, 0.15) is 30.4 Å². The molecule has 2 rings (SSSR count). The lowest BCUT2D eigenvalue weighted by Gasteiger charge is -2.16. The molecule has 0 saturated heterocycles. The smallest absolute Gasteiger partial charge is 0.189 e. The van der Waals surface area contributed by atoms with Crippen molar-refractivity contribution in [3.63, 3.8) is 0 Å². The molecule has 0 radical (unpaired) electrons. The molecule has 0 amide bonds. The number of furan rings is 1. The number of aliphatic hydroxyl groups excluding tert-OH is 1. The summed E-state index contributed by atoms with van der Waals surface area (Å²) in [5, 5.41) is 14.0. The minimum Gasteiger partial charge on any atom is -0.467 e. The zero-order valence-corrected chi connectivity index (χ0v) is 16.2. The van der Waals surface area contributed by atoms with E-state index in [1.807, 2.05) is 13.0 Å². The molecule has 2 aromatic rings. The zero-order chi connectivity index (χ0) is 16.1. The maximum absolute atomic E-state index is 9.86. The van der Waals surface area contributed by atoms with Gasteiger partial charge in [0.15, 0.2) is 5.96 Å². The van der Waals surface area contributed by atoms with E-state index < -0.39 is 6.10 Å². The van der Waals surface area contributed by atoms with E-state index in [1.54, 1.807) is 24.3 Å². The van der Waals surface area contributed by atoms with Gasteiger partial charge in [-0.25, -0.2) is 0 Å². The Morgan fingerprint density at radius 1 is 1.39 bits per heavy atom. The molecule has 2 unspecified atom stereocenters. The fraction of sp³-hybridized carbons (Fsp3) is 0.267. The highest BCUT2D eigenvalue weighted by Crippen LogP contribution is 2.25. The molecule has 1 heterocycles. The Labute approximate surface area is 161 Å². The first-order valence-electron chi connectivity index (χ1n) is 6.70. The normalized spacial score (nSPS) is 14.0. The van der Waals surface area contributed by atoms with E-state index in [-0.39, 0.29) is 42.5 Å². The van der Waals surface area contributed by atoms with Crippen LogP contribution < -0.4 is 11.1 Å². The van der Waals surface area contributed by atoms with Crippen molar-refractivity contribution in [2.24, 2.45) is 10.7 Å². The van der Waals surface area contributed by atoms with Crippen LogP contribution in [0.2, 0.25) is 10.0 Å². The molecule has 0 fully saturated rings. The molecule has 2 atom stereocenters. The van der Waals surface area contributed by atoms with Crippen LogP contribution in [0.3, 0.4) is 0 Å². The predicted octanol–water partition coefficient (Wildman–Crippen LogP) is 3.90. The number of benzene rings is 1. The number of hydrogen-bond donors (Lipinski definition) is 3. The van der Waals surface area contributed by atoms with E-state index in [4.69, 9.17) is 33.4 Å². The maximum atomic E-state index is 9.86. The minimum atomic E-state index is -0.829. The van der Waals surface area contributed by atoms with Gasteiger partial charge in [-0.2, -0.15) is 0 Å². The molecule has 0 bridgehead atoms. The molecule has 1 aromatic heterocycles. The van der Waals surface area contributed by atoms with Gasteiger partial charge < -0.3 is 20.6 Å². The Bertz CT molecular complexity index is 650. The van der Waals surface area contributed by atoms with Crippen LogP contribution in [0.15, 0.2) is 46.0 Å². The fourth-order valence-electron chi connectivity index (χ4n) is 1.95. The third kappa shape index (κ3) is 5.87. The molecule has 1 aromatic carbocycles. The summed E-state index contributed by atoms with van der Waals surface area (Å²) in [5.74, 6) is 0.662. The number of nitrogens with one attached hydrogen (secondary N) is 1. The molecule has 0 aliphatic rings. The summed E-state index contributed by atoms with van der Waals surface area (Å²) in [7, 11) is 0. The van der Waals surface area contributed by atoms with Gasteiger partial charge in [-0.15, -0.1) is 24.0 Å². The van der Waals surface area contributed by atoms with Crippen molar-refractivity contribution in [2.75, 3.05) is 6.54 Å². The first-order chi connectivity index (χ1) is 10.5. The zero-order valence-electron chi connectivity index (χ0n) is 12.4. The van der Waals surface area contributed by atoms with E-state index in [2.05, 4.69) is 10.3 Å². The molecular weight excluding hydrogens is 452 g/mol. The topological polar surface area (TPSA) is 83.8 Å². The van der Waals surface area contributed by atoms with Gasteiger partial charge in [0.25, 0.3) is 0 Å². The molecule has 0 spiro atoms. The second-order valence-corrected chi connectivity index (χ2v) is 5.63. The largest absolute Gasteiger partial charge is 0.467 e. The minimum absolute atomic E-state index is 0. The lowest BCUT2D eigenvalue weighted by molar-refractivity contribution is 0.158. The Hall–Kier alpha value is -0.960. The number of rotatable bonds is 5. The quantitative estimate of drug-likeness (QED) is 0.352. The third-order valence-corrected chi connectivity index (χ3v) is 3.66. The van der Waals surface area contributed by atoms with Crippen LogP contribution in [-0.2, 0) is 0 Å². The lowest BCUT2D eigenvalue weighted by Crippen LogP contribution is -2.34. The Morgan fingerprint density at radius 2 is 2.13 bits per heavy atom. The average Bonchev–Trinajstić information content (AvgIpc) is 2.98. The van der Waals surface area contributed by atoms with Gasteiger partial charge in [-0.3, -0.25) is 4.99 Å². The van der Waals surface area contributed by atoms with Gasteiger partial charge >= 0.3 is 0 Å².